The van der Waals surface area contributed by atoms with Crippen LogP contribution in [0.15, 0.2) is 36.4 Å². The number of methoxy groups -OCH3 is 2. The molecule has 0 radical (unpaired) electrons. The first-order valence-electron chi connectivity index (χ1n) is 10.4. The van der Waals surface area contributed by atoms with Crippen molar-refractivity contribution in [3.8, 4) is 11.5 Å². The minimum Gasteiger partial charge on any atom is -0.493 e. The maximum absolute atomic E-state index is 13.3. The van der Waals surface area contributed by atoms with Crippen LogP contribution in [0.1, 0.15) is 41.6 Å². The van der Waals surface area contributed by atoms with Crippen molar-refractivity contribution < 1.29 is 19.1 Å². The average Bonchev–Trinajstić information content (AvgIpc) is 2.77. The number of benzene rings is 2. The van der Waals surface area contributed by atoms with Crippen LogP contribution in [0.25, 0.3) is 0 Å². The first-order valence-corrected chi connectivity index (χ1v) is 10.4. The number of ether oxygens (including phenoxy) is 2. The number of hydrogen-bond acceptors (Lipinski definition) is 4. The monoisotopic (exact) mass is 408 g/mol. The van der Waals surface area contributed by atoms with Crippen molar-refractivity contribution in [1.29, 1.82) is 0 Å². The van der Waals surface area contributed by atoms with E-state index in [0.29, 0.717) is 37.6 Å². The molecule has 6 nitrogen and oxygen atoms in total. The average molecular weight is 408 g/mol. The molecule has 2 aliphatic heterocycles. The Labute approximate surface area is 177 Å². The van der Waals surface area contributed by atoms with E-state index < -0.39 is 0 Å². The van der Waals surface area contributed by atoms with Crippen molar-refractivity contribution in [2.75, 3.05) is 27.3 Å². The summed E-state index contributed by atoms with van der Waals surface area (Å²) >= 11 is 0. The highest BCUT2D eigenvalue weighted by Crippen LogP contribution is 2.35. The summed E-state index contributed by atoms with van der Waals surface area (Å²) in [7, 11) is 3.25. The Balaban J connectivity index is 1.55. The molecule has 30 heavy (non-hydrogen) atoms. The minimum absolute atomic E-state index is 0.0168. The molecular weight excluding hydrogens is 380 g/mol. The van der Waals surface area contributed by atoms with Crippen molar-refractivity contribution >= 4 is 11.8 Å². The Morgan fingerprint density at radius 2 is 1.63 bits per heavy atom. The Bertz CT molecular complexity index is 972. The zero-order chi connectivity index (χ0) is 21.3. The molecule has 2 aromatic rings. The molecular formula is C24H28N2O4. The summed E-state index contributed by atoms with van der Waals surface area (Å²) in [6.45, 7) is 3.45. The van der Waals surface area contributed by atoms with Gasteiger partial charge in [0.25, 0.3) is 0 Å². The van der Waals surface area contributed by atoms with Gasteiger partial charge in [-0.15, -0.1) is 0 Å². The second kappa shape index (κ2) is 8.38. The van der Waals surface area contributed by atoms with Crippen molar-refractivity contribution in [2.24, 2.45) is 0 Å². The van der Waals surface area contributed by atoms with E-state index in [9.17, 15) is 9.59 Å². The number of fused-ring (bicyclic) bond motifs is 2. The second-order valence-corrected chi connectivity index (χ2v) is 7.92. The van der Waals surface area contributed by atoms with Gasteiger partial charge in [0, 0.05) is 26.6 Å². The molecule has 1 unspecified atom stereocenters. The topological polar surface area (TPSA) is 59.1 Å². The van der Waals surface area contributed by atoms with E-state index in [2.05, 4.69) is 6.07 Å². The quantitative estimate of drug-likeness (QED) is 0.780. The number of hydrogen-bond donors (Lipinski definition) is 0. The second-order valence-electron chi connectivity index (χ2n) is 7.92. The van der Waals surface area contributed by atoms with Crippen LogP contribution >= 0.6 is 0 Å². The molecule has 0 aromatic heterocycles. The largest absolute Gasteiger partial charge is 0.493 e. The fourth-order valence-electron chi connectivity index (χ4n) is 4.64. The first-order chi connectivity index (χ1) is 14.5. The molecule has 0 spiro atoms. The lowest BCUT2D eigenvalue weighted by Crippen LogP contribution is -2.43. The van der Waals surface area contributed by atoms with E-state index in [4.69, 9.17) is 9.47 Å². The van der Waals surface area contributed by atoms with E-state index in [1.165, 1.54) is 11.1 Å². The molecule has 1 atom stereocenters. The van der Waals surface area contributed by atoms with Crippen molar-refractivity contribution in [3.63, 3.8) is 0 Å². The zero-order valence-electron chi connectivity index (χ0n) is 17.8. The Morgan fingerprint density at radius 1 is 0.967 bits per heavy atom. The molecule has 0 N–H and O–H groups in total. The van der Waals surface area contributed by atoms with Gasteiger partial charge in [-0.3, -0.25) is 9.59 Å². The van der Waals surface area contributed by atoms with Crippen LogP contribution in [0.5, 0.6) is 11.5 Å². The van der Waals surface area contributed by atoms with Crippen molar-refractivity contribution in [1.82, 2.24) is 9.80 Å². The first kappa shape index (κ1) is 20.3. The molecule has 0 saturated heterocycles. The van der Waals surface area contributed by atoms with Gasteiger partial charge in [-0.2, -0.15) is 0 Å². The molecule has 2 aromatic carbocycles. The summed E-state index contributed by atoms with van der Waals surface area (Å²) in [5, 5.41) is 0. The van der Waals surface area contributed by atoms with Crippen LogP contribution < -0.4 is 9.47 Å². The maximum Gasteiger partial charge on any atom is 0.225 e. The molecule has 158 valence electrons. The molecule has 6 heteroatoms. The molecule has 0 fully saturated rings. The van der Waals surface area contributed by atoms with Gasteiger partial charge in [-0.25, -0.2) is 0 Å². The molecule has 0 bridgehead atoms. The van der Waals surface area contributed by atoms with Crippen LogP contribution in [0.4, 0.5) is 0 Å². The van der Waals surface area contributed by atoms with E-state index in [0.717, 1.165) is 24.0 Å². The van der Waals surface area contributed by atoms with E-state index in [1.807, 2.05) is 40.1 Å². The molecule has 2 heterocycles. The number of nitrogens with zero attached hydrogens (tertiary/aromatic N) is 2. The molecule has 2 aliphatic rings. The van der Waals surface area contributed by atoms with Crippen LogP contribution in [-0.4, -0.2) is 48.9 Å². The normalized spacial score (nSPS) is 17.8. The molecule has 0 aliphatic carbocycles. The predicted octanol–water partition coefficient (Wildman–Crippen LogP) is 3.12. The Hall–Kier alpha value is -3.02. The number of amides is 2. The van der Waals surface area contributed by atoms with Gasteiger partial charge < -0.3 is 19.3 Å². The molecule has 2 amide bonds. The molecule has 0 saturated carbocycles. The summed E-state index contributed by atoms with van der Waals surface area (Å²) in [4.78, 5) is 29.2. The SMILES string of the molecule is COc1cc2c(cc1OC)CN(C(=O)CC1c3ccccc3CCN1C(C)=O)CC2. The van der Waals surface area contributed by atoms with E-state index in [1.54, 1.807) is 21.1 Å². The third kappa shape index (κ3) is 3.74. The lowest BCUT2D eigenvalue weighted by atomic mass is 9.90. The summed E-state index contributed by atoms with van der Waals surface area (Å²) in [6.07, 6.45) is 1.91. The van der Waals surface area contributed by atoms with Gasteiger partial charge in [-0.05, 0) is 47.2 Å². The standard InChI is InChI=1S/C24H28N2O4/c1-16(27)26-11-9-17-6-4-5-7-20(17)21(26)14-24(28)25-10-8-18-12-22(29-2)23(30-3)13-19(18)15-25/h4-7,12-13,21H,8-11,14-15H2,1-3H3. The van der Waals surface area contributed by atoms with Gasteiger partial charge in [0.2, 0.25) is 11.8 Å². The number of carbonyl (C=O) groups excluding carboxylic acids is 2. The highest BCUT2D eigenvalue weighted by molar-refractivity contribution is 5.80. The number of carbonyl (C=O) groups is 2. The highest BCUT2D eigenvalue weighted by Gasteiger charge is 2.33. The van der Waals surface area contributed by atoms with Crippen molar-refractivity contribution in [2.45, 2.75) is 38.8 Å². The van der Waals surface area contributed by atoms with E-state index in [-0.39, 0.29) is 17.9 Å². The Morgan fingerprint density at radius 3 is 2.33 bits per heavy atom. The van der Waals surface area contributed by atoms with Gasteiger partial charge in [0.05, 0.1) is 26.7 Å². The summed E-state index contributed by atoms with van der Waals surface area (Å²) in [5.41, 5.74) is 4.59. The maximum atomic E-state index is 13.3. The lowest BCUT2D eigenvalue weighted by Gasteiger charge is -2.38. The summed E-state index contributed by atoms with van der Waals surface area (Å²) in [6, 6.07) is 11.9. The fourth-order valence-corrected chi connectivity index (χ4v) is 4.64. The van der Waals surface area contributed by atoms with Crippen molar-refractivity contribution in [3.05, 3.63) is 58.7 Å². The summed E-state index contributed by atoms with van der Waals surface area (Å²) in [5.74, 6) is 1.48. The highest BCUT2D eigenvalue weighted by atomic mass is 16.5. The third-order valence-electron chi connectivity index (χ3n) is 6.26. The zero-order valence-corrected chi connectivity index (χ0v) is 17.8. The number of rotatable bonds is 4. The predicted molar refractivity (Wildman–Crippen MR) is 114 cm³/mol. The van der Waals surface area contributed by atoms with Crippen LogP contribution in [0.2, 0.25) is 0 Å². The smallest absolute Gasteiger partial charge is 0.225 e. The van der Waals surface area contributed by atoms with Gasteiger partial charge in [0.1, 0.15) is 0 Å². The fraction of sp³-hybridized carbons (Fsp3) is 0.417. The van der Waals surface area contributed by atoms with Gasteiger partial charge in [-0.1, -0.05) is 24.3 Å². The third-order valence-corrected chi connectivity index (χ3v) is 6.26. The van der Waals surface area contributed by atoms with Crippen LogP contribution in [0, 0.1) is 0 Å². The lowest BCUT2D eigenvalue weighted by molar-refractivity contribution is -0.137. The van der Waals surface area contributed by atoms with Crippen LogP contribution in [0.3, 0.4) is 0 Å². The minimum atomic E-state index is -0.202. The van der Waals surface area contributed by atoms with Gasteiger partial charge >= 0.3 is 0 Å². The summed E-state index contributed by atoms with van der Waals surface area (Å²) < 4.78 is 10.8. The van der Waals surface area contributed by atoms with E-state index >= 15 is 0 Å². The Kier molecular flexibility index (Phi) is 5.66. The van der Waals surface area contributed by atoms with Crippen LogP contribution in [-0.2, 0) is 29.0 Å². The van der Waals surface area contributed by atoms with Gasteiger partial charge in [0.15, 0.2) is 11.5 Å². The molecule has 4 rings (SSSR count).